The zero-order valence-corrected chi connectivity index (χ0v) is 15.7. The average molecular weight is 338 g/mol. The molecule has 0 heterocycles. The molecule has 0 radical (unpaired) electrons. The number of rotatable bonds is 10. The van der Waals surface area contributed by atoms with Gasteiger partial charge in [0.1, 0.15) is 5.75 Å². The summed E-state index contributed by atoms with van der Waals surface area (Å²) in [5.74, 6) is 3.04. The molecule has 5 heteroatoms. The Labute approximate surface area is 145 Å². The molecule has 0 bridgehead atoms. The number of unbranched alkanes of at least 4 members (excludes halogenated alkanes) is 1. The molecule has 0 fully saturated rings. The predicted octanol–water partition coefficient (Wildman–Crippen LogP) is 3.32. The highest BCUT2D eigenvalue weighted by atomic mass is 32.2. The van der Waals surface area contributed by atoms with Gasteiger partial charge in [-0.2, -0.15) is 11.8 Å². The Morgan fingerprint density at radius 3 is 2.43 bits per heavy atom. The summed E-state index contributed by atoms with van der Waals surface area (Å²) in [5.41, 5.74) is 1.30. The summed E-state index contributed by atoms with van der Waals surface area (Å²) in [7, 11) is 1.81. The van der Waals surface area contributed by atoms with Crippen LogP contribution in [0.5, 0.6) is 5.75 Å². The van der Waals surface area contributed by atoms with Gasteiger partial charge < -0.3 is 15.4 Å². The predicted molar refractivity (Wildman–Crippen MR) is 103 cm³/mol. The molecule has 130 valence electrons. The van der Waals surface area contributed by atoms with Crippen LogP contribution in [0.15, 0.2) is 29.3 Å². The lowest BCUT2D eigenvalue weighted by atomic mass is 10.1. The molecule has 1 rings (SSSR count). The lowest BCUT2D eigenvalue weighted by Gasteiger charge is -2.12. The number of guanidine groups is 1. The van der Waals surface area contributed by atoms with E-state index < -0.39 is 0 Å². The van der Waals surface area contributed by atoms with Crippen LogP contribution in [0.1, 0.15) is 32.3 Å². The topological polar surface area (TPSA) is 45.7 Å². The minimum Gasteiger partial charge on any atom is -0.491 e. The normalized spacial score (nSPS) is 11.6. The maximum absolute atomic E-state index is 5.66. The fourth-order valence-corrected chi connectivity index (χ4v) is 2.62. The lowest BCUT2D eigenvalue weighted by molar-refractivity contribution is 0.242. The third-order valence-corrected chi connectivity index (χ3v) is 3.99. The quantitative estimate of drug-likeness (QED) is 0.390. The molecule has 1 aromatic rings. The Morgan fingerprint density at radius 1 is 1.13 bits per heavy atom. The highest BCUT2D eigenvalue weighted by Gasteiger charge is 2.00. The Kier molecular flexibility index (Phi) is 10.4. The van der Waals surface area contributed by atoms with E-state index >= 15 is 0 Å². The van der Waals surface area contributed by atoms with Gasteiger partial charge in [0.05, 0.1) is 6.10 Å². The molecular weight excluding hydrogens is 306 g/mol. The van der Waals surface area contributed by atoms with E-state index in [9.17, 15) is 0 Å². The summed E-state index contributed by atoms with van der Waals surface area (Å²) in [6.07, 6.45) is 5.76. The van der Waals surface area contributed by atoms with Gasteiger partial charge in [-0.05, 0) is 62.8 Å². The van der Waals surface area contributed by atoms with Crippen molar-refractivity contribution in [1.29, 1.82) is 0 Å². The second-order valence-electron chi connectivity index (χ2n) is 5.69. The van der Waals surface area contributed by atoms with E-state index in [-0.39, 0.29) is 6.10 Å². The monoisotopic (exact) mass is 337 g/mol. The summed E-state index contributed by atoms with van der Waals surface area (Å²) in [6, 6.07) is 8.32. The van der Waals surface area contributed by atoms with Crippen molar-refractivity contribution in [3.8, 4) is 5.75 Å². The fraction of sp³-hybridized carbons (Fsp3) is 0.611. The third-order valence-electron chi connectivity index (χ3n) is 3.29. The first-order valence-electron chi connectivity index (χ1n) is 8.34. The average Bonchev–Trinajstić information content (AvgIpc) is 2.54. The van der Waals surface area contributed by atoms with Crippen molar-refractivity contribution in [3.05, 3.63) is 29.8 Å². The molecule has 23 heavy (non-hydrogen) atoms. The number of hydrogen-bond acceptors (Lipinski definition) is 3. The molecule has 0 unspecified atom stereocenters. The molecule has 0 aliphatic rings. The van der Waals surface area contributed by atoms with Gasteiger partial charge in [-0.25, -0.2) is 0 Å². The molecule has 0 atom stereocenters. The highest BCUT2D eigenvalue weighted by Crippen LogP contribution is 2.13. The largest absolute Gasteiger partial charge is 0.491 e. The number of aliphatic imine (C=N–C) groups is 1. The first-order valence-corrected chi connectivity index (χ1v) is 9.74. The van der Waals surface area contributed by atoms with Crippen LogP contribution in [-0.2, 0) is 6.42 Å². The molecular formula is C18H31N3OS. The SMILES string of the molecule is CN=C(NCCCCSC)NCCc1ccc(OC(C)C)cc1. The molecule has 0 aliphatic heterocycles. The van der Waals surface area contributed by atoms with E-state index in [1.165, 1.54) is 24.2 Å². The van der Waals surface area contributed by atoms with Gasteiger partial charge in [-0.1, -0.05) is 12.1 Å². The van der Waals surface area contributed by atoms with Crippen LogP contribution >= 0.6 is 11.8 Å². The Balaban J connectivity index is 2.23. The van der Waals surface area contributed by atoms with Crippen molar-refractivity contribution in [1.82, 2.24) is 10.6 Å². The number of nitrogens with one attached hydrogen (secondary N) is 2. The molecule has 0 aromatic heterocycles. The minimum atomic E-state index is 0.216. The van der Waals surface area contributed by atoms with E-state index in [0.717, 1.165) is 31.2 Å². The fourth-order valence-electron chi connectivity index (χ4n) is 2.13. The smallest absolute Gasteiger partial charge is 0.190 e. The van der Waals surface area contributed by atoms with Crippen molar-refractivity contribution in [3.63, 3.8) is 0 Å². The van der Waals surface area contributed by atoms with Crippen LogP contribution in [0.2, 0.25) is 0 Å². The van der Waals surface area contributed by atoms with Crippen molar-refractivity contribution in [2.75, 3.05) is 32.1 Å². The van der Waals surface area contributed by atoms with Crippen molar-refractivity contribution >= 4 is 17.7 Å². The number of thioether (sulfide) groups is 1. The second kappa shape index (κ2) is 12.1. The van der Waals surface area contributed by atoms with Gasteiger partial charge in [0.2, 0.25) is 0 Å². The highest BCUT2D eigenvalue weighted by molar-refractivity contribution is 7.98. The Hall–Kier alpha value is -1.36. The van der Waals surface area contributed by atoms with E-state index in [1.807, 2.05) is 44.8 Å². The van der Waals surface area contributed by atoms with Gasteiger partial charge in [0.25, 0.3) is 0 Å². The standard InChI is InChI=1S/C18H31N3OS/c1-15(2)22-17-9-7-16(8-10-17)11-13-21-18(19-3)20-12-5-6-14-23-4/h7-10,15H,5-6,11-14H2,1-4H3,(H2,19,20,21). The molecule has 1 aromatic carbocycles. The number of nitrogens with zero attached hydrogens (tertiary/aromatic N) is 1. The second-order valence-corrected chi connectivity index (χ2v) is 6.67. The van der Waals surface area contributed by atoms with Gasteiger partial charge >= 0.3 is 0 Å². The van der Waals surface area contributed by atoms with Crippen molar-refractivity contribution < 1.29 is 4.74 Å². The van der Waals surface area contributed by atoms with Crippen LogP contribution in [0, 0.1) is 0 Å². The van der Waals surface area contributed by atoms with Crippen LogP contribution in [0.3, 0.4) is 0 Å². The lowest BCUT2D eigenvalue weighted by Crippen LogP contribution is -2.38. The van der Waals surface area contributed by atoms with E-state index in [2.05, 4.69) is 34.0 Å². The molecule has 0 amide bonds. The van der Waals surface area contributed by atoms with Crippen molar-refractivity contribution in [2.45, 2.75) is 39.2 Å². The summed E-state index contributed by atoms with van der Waals surface area (Å²) >= 11 is 1.90. The Bertz CT molecular complexity index is 446. The van der Waals surface area contributed by atoms with Crippen molar-refractivity contribution in [2.24, 2.45) is 4.99 Å². The van der Waals surface area contributed by atoms with Crippen LogP contribution in [0.25, 0.3) is 0 Å². The number of hydrogen-bond donors (Lipinski definition) is 2. The zero-order valence-electron chi connectivity index (χ0n) is 14.9. The summed E-state index contributed by atoms with van der Waals surface area (Å²) in [4.78, 5) is 4.25. The molecule has 0 saturated heterocycles. The molecule has 0 saturated carbocycles. The van der Waals surface area contributed by atoms with E-state index in [4.69, 9.17) is 4.74 Å². The summed E-state index contributed by atoms with van der Waals surface area (Å²) in [5, 5.41) is 6.71. The van der Waals surface area contributed by atoms with Crippen LogP contribution in [-0.4, -0.2) is 44.2 Å². The van der Waals surface area contributed by atoms with E-state index in [1.54, 1.807) is 0 Å². The maximum Gasteiger partial charge on any atom is 0.190 e. The number of ether oxygens (including phenoxy) is 1. The molecule has 0 aliphatic carbocycles. The number of benzene rings is 1. The third kappa shape index (κ3) is 9.39. The van der Waals surface area contributed by atoms with Crippen LogP contribution in [0.4, 0.5) is 0 Å². The van der Waals surface area contributed by atoms with Gasteiger partial charge in [-0.15, -0.1) is 0 Å². The minimum absolute atomic E-state index is 0.216. The van der Waals surface area contributed by atoms with Gasteiger partial charge in [0, 0.05) is 20.1 Å². The maximum atomic E-state index is 5.66. The van der Waals surface area contributed by atoms with E-state index in [0.29, 0.717) is 0 Å². The summed E-state index contributed by atoms with van der Waals surface area (Å²) in [6.45, 7) is 5.92. The molecule has 4 nitrogen and oxygen atoms in total. The zero-order chi connectivity index (χ0) is 16.9. The van der Waals surface area contributed by atoms with Crippen LogP contribution < -0.4 is 15.4 Å². The van der Waals surface area contributed by atoms with Gasteiger partial charge in [0.15, 0.2) is 5.96 Å². The Morgan fingerprint density at radius 2 is 1.83 bits per heavy atom. The van der Waals surface area contributed by atoms with Gasteiger partial charge in [-0.3, -0.25) is 4.99 Å². The first-order chi connectivity index (χ1) is 11.2. The first kappa shape index (κ1) is 19.7. The summed E-state index contributed by atoms with van der Waals surface area (Å²) < 4.78 is 5.66. The molecule has 0 spiro atoms. The molecule has 2 N–H and O–H groups in total.